The number of carboxylic acids is 1. The zero-order valence-electron chi connectivity index (χ0n) is 15.7. The number of benzene rings is 1. The summed E-state index contributed by atoms with van der Waals surface area (Å²) in [7, 11) is 1.42. The van der Waals surface area contributed by atoms with Gasteiger partial charge in [0.1, 0.15) is 11.7 Å². The molecule has 1 aliphatic carbocycles. The van der Waals surface area contributed by atoms with E-state index < -0.39 is 28.5 Å². The molecule has 0 aliphatic heterocycles. The van der Waals surface area contributed by atoms with Crippen molar-refractivity contribution >= 4 is 17.6 Å². The van der Waals surface area contributed by atoms with Gasteiger partial charge in [-0.1, -0.05) is 24.3 Å². The Morgan fingerprint density at radius 3 is 2.82 bits per heavy atom. The van der Waals surface area contributed by atoms with Crippen molar-refractivity contribution in [3.8, 4) is 0 Å². The van der Waals surface area contributed by atoms with E-state index in [1.54, 1.807) is 0 Å². The van der Waals surface area contributed by atoms with Crippen LogP contribution in [0, 0.1) is 17.0 Å². The highest BCUT2D eigenvalue weighted by atomic mass is 16.6. The van der Waals surface area contributed by atoms with Crippen LogP contribution in [0.2, 0.25) is 0 Å². The fourth-order valence-corrected chi connectivity index (χ4v) is 3.95. The summed E-state index contributed by atoms with van der Waals surface area (Å²) in [6.45, 7) is 1.43. The summed E-state index contributed by atoms with van der Waals surface area (Å²) in [6.07, 6.45) is 2.97. The maximum absolute atomic E-state index is 12.7. The summed E-state index contributed by atoms with van der Waals surface area (Å²) in [5, 5.41) is 27.3. The summed E-state index contributed by atoms with van der Waals surface area (Å²) in [6, 6.07) is 6.76. The second kappa shape index (κ2) is 7.79. The Morgan fingerprint density at radius 2 is 2.14 bits per heavy atom. The first-order valence-electron chi connectivity index (χ1n) is 9.09. The van der Waals surface area contributed by atoms with Crippen molar-refractivity contribution in [2.45, 2.75) is 44.6 Å². The number of aryl methyl sites for hydroxylation is 3. The quantitative estimate of drug-likeness (QED) is 0.579. The summed E-state index contributed by atoms with van der Waals surface area (Å²) in [5.74, 6) is -1.97. The van der Waals surface area contributed by atoms with Gasteiger partial charge in [-0.15, -0.1) is 0 Å². The smallest absolute Gasteiger partial charge is 0.326 e. The Labute approximate surface area is 161 Å². The topological polar surface area (TPSA) is 127 Å². The molecule has 0 fully saturated rings. The lowest BCUT2D eigenvalue weighted by atomic mass is 9.79. The number of amides is 1. The van der Waals surface area contributed by atoms with Gasteiger partial charge in [-0.25, -0.2) is 4.79 Å². The molecule has 0 saturated carbocycles. The van der Waals surface area contributed by atoms with Crippen molar-refractivity contribution in [1.82, 2.24) is 15.1 Å². The molecule has 0 bridgehead atoms. The molecular formula is C19H22N4O5. The van der Waals surface area contributed by atoms with Crippen molar-refractivity contribution in [1.29, 1.82) is 0 Å². The predicted octanol–water partition coefficient (Wildman–Crippen LogP) is 2.33. The number of aliphatic carboxylic acids is 1. The van der Waals surface area contributed by atoms with Crippen molar-refractivity contribution in [2.75, 3.05) is 0 Å². The lowest BCUT2D eigenvalue weighted by molar-refractivity contribution is -0.385. The van der Waals surface area contributed by atoms with Crippen LogP contribution in [0.25, 0.3) is 0 Å². The number of rotatable bonds is 6. The average molecular weight is 386 g/mol. The number of nitro groups is 1. The van der Waals surface area contributed by atoms with E-state index in [2.05, 4.69) is 10.4 Å². The lowest BCUT2D eigenvalue weighted by Crippen LogP contribution is -2.42. The molecule has 2 aromatic rings. The molecule has 148 valence electrons. The Bertz CT molecular complexity index is 936. The van der Waals surface area contributed by atoms with Gasteiger partial charge in [0.15, 0.2) is 0 Å². The molecule has 9 heteroatoms. The molecule has 0 spiro atoms. The molecule has 9 nitrogen and oxygen atoms in total. The van der Waals surface area contributed by atoms with Crippen LogP contribution in [0.3, 0.4) is 0 Å². The van der Waals surface area contributed by atoms with Crippen LogP contribution in [0.4, 0.5) is 5.69 Å². The molecule has 1 heterocycles. The average Bonchev–Trinajstić information content (AvgIpc) is 2.95. The SMILES string of the molecule is Cc1nn(C)c(C(=O)NC(CC2CCCc3ccccc32)C(=O)O)c1[N+](=O)[O-]. The van der Waals surface area contributed by atoms with E-state index in [0.717, 1.165) is 29.5 Å². The maximum atomic E-state index is 12.7. The molecule has 1 aliphatic rings. The number of nitrogens with zero attached hydrogens (tertiary/aromatic N) is 3. The Balaban J connectivity index is 1.83. The van der Waals surface area contributed by atoms with Gasteiger partial charge in [0.25, 0.3) is 5.91 Å². The van der Waals surface area contributed by atoms with Crippen LogP contribution >= 0.6 is 0 Å². The van der Waals surface area contributed by atoms with Crippen molar-refractivity contribution in [3.63, 3.8) is 0 Å². The fourth-order valence-electron chi connectivity index (χ4n) is 3.95. The van der Waals surface area contributed by atoms with Crippen LogP contribution in [0.15, 0.2) is 24.3 Å². The summed E-state index contributed by atoms with van der Waals surface area (Å²) in [5.41, 5.74) is 1.75. The van der Waals surface area contributed by atoms with Gasteiger partial charge >= 0.3 is 11.7 Å². The largest absolute Gasteiger partial charge is 0.480 e. The van der Waals surface area contributed by atoms with Crippen molar-refractivity contribution in [2.24, 2.45) is 7.05 Å². The van der Waals surface area contributed by atoms with E-state index in [9.17, 15) is 24.8 Å². The first-order valence-corrected chi connectivity index (χ1v) is 9.09. The molecule has 1 aromatic heterocycles. The van der Waals surface area contributed by atoms with E-state index in [-0.39, 0.29) is 23.7 Å². The highest BCUT2D eigenvalue weighted by Gasteiger charge is 2.33. The minimum absolute atomic E-state index is 0.00890. The van der Waals surface area contributed by atoms with Crippen LogP contribution in [0.1, 0.15) is 52.5 Å². The van der Waals surface area contributed by atoms with E-state index in [4.69, 9.17) is 0 Å². The standard InChI is InChI=1S/C19H22N4O5/c1-11-16(23(27)28)17(22(2)21-11)18(24)20-15(19(25)26)10-13-8-5-7-12-6-3-4-9-14(12)13/h3-4,6,9,13,15H,5,7-8,10H2,1-2H3,(H,20,24)(H,25,26). The molecular weight excluding hydrogens is 364 g/mol. The number of nitrogens with one attached hydrogen (secondary N) is 1. The first-order chi connectivity index (χ1) is 13.3. The number of carbonyl (C=O) groups excluding carboxylic acids is 1. The highest BCUT2D eigenvalue weighted by Crippen LogP contribution is 2.34. The van der Waals surface area contributed by atoms with Crippen LogP contribution < -0.4 is 5.32 Å². The van der Waals surface area contributed by atoms with Gasteiger partial charge in [-0.2, -0.15) is 5.10 Å². The number of aromatic nitrogens is 2. The van der Waals surface area contributed by atoms with Gasteiger partial charge in [-0.3, -0.25) is 19.6 Å². The number of hydrogen-bond acceptors (Lipinski definition) is 5. The Morgan fingerprint density at radius 1 is 1.43 bits per heavy atom. The number of carbonyl (C=O) groups is 2. The van der Waals surface area contributed by atoms with Gasteiger partial charge < -0.3 is 10.4 Å². The zero-order valence-corrected chi connectivity index (χ0v) is 15.7. The normalized spacial score (nSPS) is 16.9. The van der Waals surface area contributed by atoms with Crippen molar-refractivity contribution in [3.05, 3.63) is 56.9 Å². The molecule has 1 aromatic carbocycles. The monoisotopic (exact) mass is 386 g/mol. The Hall–Kier alpha value is -3.23. The highest BCUT2D eigenvalue weighted by molar-refractivity contribution is 5.98. The minimum Gasteiger partial charge on any atom is -0.480 e. The molecule has 0 saturated heterocycles. The molecule has 1 amide bonds. The number of hydrogen-bond donors (Lipinski definition) is 2. The Kier molecular flexibility index (Phi) is 5.43. The molecule has 0 radical (unpaired) electrons. The van der Waals surface area contributed by atoms with E-state index >= 15 is 0 Å². The predicted molar refractivity (Wildman–Crippen MR) is 100 cm³/mol. The minimum atomic E-state index is -1.17. The zero-order chi connectivity index (χ0) is 20.4. The third-order valence-electron chi connectivity index (χ3n) is 5.21. The van der Waals surface area contributed by atoms with Crippen LogP contribution in [-0.2, 0) is 18.3 Å². The van der Waals surface area contributed by atoms with Gasteiger partial charge in [0, 0.05) is 7.05 Å². The fraction of sp³-hybridized carbons (Fsp3) is 0.421. The number of carboxylic acid groups (broad SMARTS) is 1. The van der Waals surface area contributed by atoms with Gasteiger partial charge in [0.2, 0.25) is 5.69 Å². The summed E-state index contributed by atoms with van der Waals surface area (Å²) >= 11 is 0. The second-order valence-corrected chi connectivity index (χ2v) is 7.05. The van der Waals surface area contributed by atoms with Gasteiger partial charge in [0.05, 0.1) is 4.92 Å². The van der Waals surface area contributed by atoms with Crippen LogP contribution in [0.5, 0.6) is 0 Å². The first kappa shape index (κ1) is 19.5. The second-order valence-electron chi connectivity index (χ2n) is 7.05. The maximum Gasteiger partial charge on any atom is 0.326 e. The van der Waals surface area contributed by atoms with Crippen molar-refractivity contribution < 1.29 is 19.6 Å². The molecule has 3 rings (SSSR count). The van der Waals surface area contributed by atoms with E-state index in [1.807, 2.05) is 24.3 Å². The van der Waals surface area contributed by atoms with Crippen LogP contribution in [-0.4, -0.2) is 37.7 Å². The molecule has 2 N–H and O–H groups in total. The summed E-state index contributed by atoms with van der Waals surface area (Å²) in [4.78, 5) is 35.1. The third kappa shape index (κ3) is 3.73. The molecule has 28 heavy (non-hydrogen) atoms. The summed E-state index contributed by atoms with van der Waals surface area (Å²) < 4.78 is 1.11. The lowest BCUT2D eigenvalue weighted by Gasteiger charge is -2.28. The van der Waals surface area contributed by atoms with Gasteiger partial charge in [-0.05, 0) is 49.7 Å². The van der Waals surface area contributed by atoms with E-state index in [1.165, 1.54) is 19.5 Å². The molecule has 2 unspecified atom stereocenters. The molecule has 2 atom stereocenters. The van der Waals surface area contributed by atoms with E-state index in [0.29, 0.717) is 0 Å². The number of fused-ring (bicyclic) bond motifs is 1. The third-order valence-corrected chi connectivity index (χ3v) is 5.21.